The van der Waals surface area contributed by atoms with Gasteiger partial charge < -0.3 is 5.32 Å². The standard InChI is InChI=1S/C35H28Cl2N2O3/c1-20-16-17-21(2)27(18-20)38-31(40)28(19-22-10-4-3-5-11-22)39-32(41)29-30(33(39)42)35(37)24-13-7-6-12-23(24)34(29,36)25-14-8-9-15-26(25)35/h3-18,28-30H,19H2,1-2H3,(H,38,40)/t28-,29-,30+,34?,35?/m0/s1. The van der Waals surface area contributed by atoms with Crippen molar-refractivity contribution in [2.24, 2.45) is 11.8 Å². The van der Waals surface area contributed by atoms with Gasteiger partial charge in [0.25, 0.3) is 0 Å². The van der Waals surface area contributed by atoms with Crippen LogP contribution in [0.4, 0.5) is 5.69 Å². The van der Waals surface area contributed by atoms with Crippen LogP contribution >= 0.6 is 23.2 Å². The predicted octanol–water partition coefficient (Wildman–Crippen LogP) is 6.45. The van der Waals surface area contributed by atoms with E-state index in [9.17, 15) is 14.4 Å². The molecule has 4 aliphatic rings. The summed E-state index contributed by atoms with van der Waals surface area (Å²) < 4.78 is 0. The number of alkyl halides is 2. The van der Waals surface area contributed by atoms with Crippen LogP contribution in [0.25, 0.3) is 0 Å². The van der Waals surface area contributed by atoms with Crippen molar-refractivity contribution in [2.45, 2.75) is 36.1 Å². The smallest absolute Gasteiger partial charge is 0.248 e. The van der Waals surface area contributed by atoms with Crippen molar-refractivity contribution in [3.8, 4) is 0 Å². The van der Waals surface area contributed by atoms with Crippen LogP contribution in [0.3, 0.4) is 0 Å². The zero-order chi connectivity index (χ0) is 29.4. The number of imide groups is 1. The van der Waals surface area contributed by atoms with E-state index < -0.39 is 45.3 Å². The summed E-state index contributed by atoms with van der Waals surface area (Å²) in [4.78, 5) is 41.8. The van der Waals surface area contributed by atoms with E-state index in [0.717, 1.165) is 43.8 Å². The molecule has 3 atom stereocenters. The molecule has 2 bridgehead atoms. The van der Waals surface area contributed by atoms with Gasteiger partial charge in [0.05, 0.1) is 11.8 Å². The molecule has 1 heterocycles. The number of benzene rings is 4. The molecule has 3 amide bonds. The van der Waals surface area contributed by atoms with Gasteiger partial charge in [0.1, 0.15) is 15.8 Å². The van der Waals surface area contributed by atoms with Crippen molar-refractivity contribution in [1.82, 2.24) is 4.90 Å². The van der Waals surface area contributed by atoms with E-state index in [0.29, 0.717) is 5.69 Å². The second kappa shape index (κ2) is 9.55. The maximum Gasteiger partial charge on any atom is 0.248 e. The third kappa shape index (κ3) is 3.60. The van der Waals surface area contributed by atoms with Crippen molar-refractivity contribution in [2.75, 3.05) is 5.32 Å². The minimum Gasteiger partial charge on any atom is -0.324 e. The molecule has 3 aliphatic carbocycles. The molecule has 8 rings (SSSR count). The Morgan fingerprint density at radius 3 is 1.74 bits per heavy atom. The molecule has 4 aromatic rings. The number of hydrogen-bond donors (Lipinski definition) is 1. The lowest BCUT2D eigenvalue weighted by atomic mass is 9.54. The van der Waals surface area contributed by atoms with Gasteiger partial charge in [0.2, 0.25) is 17.7 Å². The molecule has 0 unspecified atom stereocenters. The molecule has 0 saturated carbocycles. The monoisotopic (exact) mass is 594 g/mol. The first-order valence-electron chi connectivity index (χ1n) is 14.0. The number of carbonyl (C=O) groups excluding carboxylic acids is 3. The summed E-state index contributed by atoms with van der Waals surface area (Å²) in [5.41, 5.74) is 6.22. The van der Waals surface area contributed by atoms with Crippen LogP contribution in [0, 0.1) is 25.7 Å². The van der Waals surface area contributed by atoms with Gasteiger partial charge in [-0.3, -0.25) is 19.3 Å². The Morgan fingerprint density at radius 1 is 0.762 bits per heavy atom. The van der Waals surface area contributed by atoms with E-state index in [1.165, 1.54) is 0 Å². The average molecular weight is 596 g/mol. The lowest BCUT2D eigenvalue weighted by molar-refractivity contribution is -0.146. The number of anilines is 1. The van der Waals surface area contributed by atoms with E-state index in [1.807, 2.05) is 111 Å². The molecule has 1 saturated heterocycles. The molecule has 210 valence electrons. The molecular formula is C35H28Cl2N2O3. The van der Waals surface area contributed by atoms with Crippen molar-refractivity contribution in [3.63, 3.8) is 0 Å². The Hall–Kier alpha value is -3.93. The maximum absolute atomic E-state index is 14.6. The fourth-order valence-corrected chi connectivity index (χ4v) is 8.32. The van der Waals surface area contributed by atoms with Gasteiger partial charge in [0.15, 0.2) is 0 Å². The molecule has 1 N–H and O–H groups in total. The molecule has 1 fully saturated rings. The van der Waals surface area contributed by atoms with Gasteiger partial charge in [-0.1, -0.05) is 91.0 Å². The molecule has 0 radical (unpaired) electrons. The highest BCUT2D eigenvalue weighted by Crippen LogP contribution is 2.69. The van der Waals surface area contributed by atoms with E-state index in [2.05, 4.69) is 5.32 Å². The number of aryl methyl sites for hydroxylation is 2. The zero-order valence-corrected chi connectivity index (χ0v) is 24.6. The fraction of sp³-hybridized carbons (Fsp3) is 0.229. The Bertz CT molecular complexity index is 1660. The number of hydrogen-bond acceptors (Lipinski definition) is 3. The molecule has 4 aromatic carbocycles. The first-order valence-corrected chi connectivity index (χ1v) is 14.8. The number of likely N-dealkylation sites (tertiary alicyclic amines) is 1. The number of rotatable bonds is 5. The molecular weight excluding hydrogens is 567 g/mol. The number of amides is 3. The normalized spacial score (nSPS) is 26.0. The Balaban J connectivity index is 1.37. The van der Waals surface area contributed by atoms with E-state index >= 15 is 0 Å². The number of nitrogens with zero attached hydrogens (tertiary/aromatic N) is 1. The predicted molar refractivity (Wildman–Crippen MR) is 163 cm³/mol. The second-order valence-electron chi connectivity index (χ2n) is 11.5. The summed E-state index contributed by atoms with van der Waals surface area (Å²) >= 11 is 15.2. The molecule has 5 nitrogen and oxygen atoms in total. The van der Waals surface area contributed by atoms with Crippen molar-refractivity contribution >= 4 is 46.6 Å². The lowest BCUT2D eigenvalue weighted by Crippen LogP contribution is -2.57. The second-order valence-corrected chi connectivity index (χ2v) is 12.7. The minimum atomic E-state index is -1.31. The fourth-order valence-electron chi connectivity index (χ4n) is 7.22. The topological polar surface area (TPSA) is 66.5 Å². The number of halogens is 2. The van der Waals surface area contributed by atoms with Crippen LogP contribution in [0.5, 0.6) is 0 Å². The van der Waals surface area contributed by atoms with Gasteiger partial charge in [-0.15, -0.1) is 23.2 Å². The Kier molecular flexibility index (Phi) is 6.12. The Morgan fingerprint density at radius 2 is 1.24 bits per heavy atom. The highest BCUT2D eigenvalue weighted by molar-refractivity contribution is 6.36. The third-order valence-electron chi connectivity index (χ3n) is 9.16. The van der Waals surface area contributed by atoms with Crippen LogP contribution in [0.2, 0.25) is 0 Å². The number of carbonyl (C=O) groups is 3. The van der Waals surface area contributed by atoms with Crippen LogP contribution in [-0.4, -0.2) is 28.7 Å². The van der Waals surface area contributed by atoms with Crippen LogP contribution in [0.1, 0.15) is 38.9 Å². The van der Waals surface area contributed by atoms with E-state index in [-0.39, 0.29) is 6.42 Å². The van der Waals surface area contributed by atoms with Gasteiger partial charge >= 0.3 is 0 Å². The largest absolute Gasteiger partial charge is 0.324 e. The van der Waals surface area contributed by atoms with Gasteiger partial charge in [-0.05, 0) is 58.9 Å². The van der Waals surface area contributed by atoms with Crippen molar-refractivity contribution in [1.29, 1.82) is 0 Å². The summed E-state index contributed by atoms with van der Waals surface area (Å²) in [6.45, 7) is 3.85. The van der Waals surface area contributed by atoms with Gasteiger partial charge in [-0.2, -0.15) is 0 Å². The van der Waals surface area contributed by atoms with E-state index in [4.69, 9.17) is 23.2 Å². The van der Waals surface area contributed by atoms with Crippen LogP contribution < -0.4 is 5.32 Å². The van der Waals surface area contributed by atoms with E-state index in [1.54, 1.807) is 0 Å². The maximum atomic E-state index is 14.6. The van der Waals surface area contributed by atoms with Crippen LogP contribution in [-0.2, 0) is 30.6 Å². The number of nitrogens with one attached hydrogen (secondary N) is 1. The SMILES string of the molecule is Cc1ccc(C)c(NC(=O)[C@H](Cc2ccccc2)N2C(=O)[C@@H]3[C@H](C2=O)C2(Cl)c4ccccc4C3(Cl)c3ccccc32)c1. The average Bonchev–Trinajstić information content (AvgIpc) is 3.27. The van der Waals surface area contributed by atoms with Gasteiger partial charge in [0, 0.05) is 12.1 Å². The lowest BCUT2D eigenvalue weighted by Gasteiger charge is -2.54. The minimum absolute atomic E-state index is 0.152. The first kappa shape index (κ1) is 26.9. The summed E-state index contributed by atoms with van der Waals surface area (Å²) in [6, 6.07) is 29.1. The van der Waals surface area contributed by atoms with Crippen molar-refractivity contribution in [3.05, 3.63) is 136 Å². The zero-order valence-electron chi connectivity index (χ0n) is 23.1. The molecule has 1 aliphatic heterocycles. The Labute approximate surface area is 254 Å². The van der Waals surface area contributed by atoms with Crippen molar-refractivity contribution < 1.29 is 14.4 Å². The first-order chi connectivity index (χ1) is 20.2. The highest BCUT2D eigenvalue weighted by atomic mass is 35.5. The third-order valence-corrected chi connectivity index (χ3v) is 10.4. The molecule has 7 heteroatoms. The summed E-state index contributed by atoms with van der Waals surface area (Å²) in [6.07, 6.45) is 0.152. The van der Waals surface area contributed by atoms with Crippen LogP contribution in [0.15, 0.2) is 97.1 Å². The summed E-state index contributed by atoms with van der Waals surface area (Å²) in [5.74, 6) is -3.35. The molecule has 0 spiro atoms. The summed E-state index contributed by atoms with van der Waals surface area (Å²) in [7, 11) is 0. The quantitative estimate of drug-likeness (QED) is 0.213. The van der Waals surface area contributed by atoms with Gasteiger partial charge in [-0.25, -0.2) is 0 Å². The molecule has 0 aromatic heterocycles. The highest BCUT2D eigenvalue weighted by Gasteiger charge is 2.73. The summed E-state index contributed by atoms with van der Waals surface area (Å²) in [5, 5.41) is 3.01. The molecule has 42 heavy (non-hydrogen) atoms.